The Balaban J connectivity index is 2.30. The first kappa shape index (κ1) is 11.2. The minimum atomic E-state index is 0.545. The van der Waals surface area contributed by atoms with Crippen molar-refractivity contribution >= 4 is 11.0 Å². The SMILES string of the molecule is CCCCC(CC)c1noc2ccccc12. The average Bonchev–Trinajstić information content (AvgIpc) is 2.75. The maximum absolute atomic E-state index is 5.36. The summed E-state index contributed by atoms with van der Waals surface area (Å²) in [6.45, 7) is 4.46. The van der Waals surface area contributed by atoms with Crippen LogP contribution < -0.4 is 0 Å². The number of nitrogens with zero attached hydrogens (tertiary/aromatic N) is 1. The lowest BCUT2D eigenvalue weighted by atomic mass is 9.94. The van der Waals surface area contributed by atoms with E-state index < -0.39 is 0 Å². The molecular formula is C14H19NO. The van der Waals surface area contributed by atoms with E-state index in [9.17, 15) is 0 Å². The van der Waals surface area contributed by atoms with E-state index in [-0.39, 0.29) is 0 Å². The van der Waals surface area contributed by atoms with Crippen LogP contribution in [0.5, 0.6) is 0 Å². The van der Waals surface area contributed by atoms with Crippen LogP contribution in [0.25, 0.3) is 11.0 Å². The molecule has 86 valence electrons. The van der Waals surface area contributed by atoms with E-state index in [2.05, 4.69) is 31.1 Å². The van der Waals surface area contributed by atoms with Crippen molar-refractivity contribution in [2.75, 3.05) is 0 Å². The summed E-state index contributed by atoms with van der Waals surface area (Å²) in [7, 11) is 0. The Hall–Kier alpha value is -1.31. The van der Waals surface area contributed by atoms with Gasteiger partial charge in [0.15, 0.2) is 5.58 Å². The maximum Gasteiger partial charge on any atom is 0.167 e. The molecule has 2 aromatic rings. The molecule has 1 unspecified atom stereocenters. The largest absolute Gasteiger partial charge is 0.356 e. The Morgan fingerprint density at radius 3 is 2.81 bits per heavy atom. The minimum absolute atomic E-state index is 0.545. The molecule has 1 aromatic carbocycles. The fourth-order valence-corrected chi connectivity index (χ4v) is 2.18. The summed E-state index contributed by atoms with van der Waals surface area (Å²) in [5.41, 5.74) is 2.05. The first-order chi connectivity index (χ1) is 7.86. The molecule has 0 bridgehead atoms. The summed E-state index contributed by atoms with van der Waals surface area (Å²) in [5, 5.41) is 5.43. The van der Waals surface area contributed by atoms with Gasteiger partial charge in [-0.1, -0.05) is 44.0 Å². The van der Waals surface area contributed by atoms with Gasteiger partial charge >= 0.3 is 0 Å². The van der Waals surface area contributed by atoms with Gasteiger partial charge in [-0.15, -0.1) is 0 Å². The van der Waals surface area contributed by atoms with E-state index in [0.29, 0.717) is 5.92 Å². The zero-order valence-electron chi connectivity index (χ0n) is 10.1. The zero-order chi connectivity index (χ0) is 11.4. The number of hydrogen-bond acceptors (Lipinski definition) is 2. The highest BCUT2D eigenvalue weighted by atomic mass is 16.5. The van der Waals surface area contributed by atoms with Crippen LogP contribution >= 0.6 is 0 Å². The normalized spacial score (nSPS) is 13.1. The molecule has 0 aliphatic rings. The summed E-state index contributed by atoms with van der Waals surface area (Å²) in [6.07, 6.45) is 4.85. The van der Waals surface area contributed by atoms with E-state index >= 15 is 0 Å². The van der Waals surface area contributed by atoms with Gasteiger partial charge in [-0.25, -0.2) is 0 Å². The lowest BCUT2D eigenvalue weighted by Gasteiger charge is -2.10. The Morgan fingerprint density at radius 1 is 1.25 bits per heavy atom. The third-order valence-electron chi connectivity index (χ3n) is 3.19. The van der Waals surface area contributed by atoms with Crippen LogP contribution in [0, 0.1) is 0 Å². The van der Waals surface area contributed by atoms with E-state index in [1.165, 1.54) is 24.6 Å². The van der Waals surface area contributed by atoms with Gasteiger partial charge in [0.05, 0.1) is 5.69 Å². The second kappa shape index (κ2) is 5.15. The Morgan fingerprint density at radius 2 is 2.06 bits per heavy atom. The maximum atomic E-state index is 5.36. The van der Waals surface area contributed by atoms with Crippen molar-refractivity contribution in [3.8, 4) is 0 Å². The number of rotatable bonds is 5. The molecular weight excluding hydrogens is 198 g/mol. The first-order valence-corrected chi connectivity index (χ1v) is 6.21. The van der Waals surface area contributed by atoms with Crippen LogP contribution in [0.4, 0.5) is 0 Å². The molecule has 0 saturated carbocycles. The number of hydrogen-bond donors (Lipinski definition) is 0. The van der Waals surface area contributed by atoms with Crippen LogP contribution in [-0.2, 0) is 0 Å². The van der Waals surface area contributed by atoms with Crippen molar-refractivity contribution in [1.82, 2.24) is 5.16 Å². The predicted octanol–water partition coefficient (Wildman–Crippen LogP) is 4.51. The highest BCUT2D eigenvalue weighted by Gasteiger charge is 2.16. The molecule has 0 aliphatic heterocycles. The van der Waals surface area contributed by atoms with E-state index in [1.807, 2.05) is 12.1 Å². The third-order valence-corrected chi connectivity index (χ3v) is 3.19. The molecule has 1 heterocycles. The van der Waals surface area contributed by atoms with Crippen molar-refractivity contribution < 1.29 is 4.52 Å². The summed E-state index contributed by atoms with van der Waals surface area (Å²) in [4.78, 5) is 0. The van der Waals surface area contributed by atoms with Gasteiger partial charge in [0.2, 0.25) is 0 Å². The Labute approximate surface area is 96.6 Å². The van der Waals surface area contributed by atoms with Crippen molar-refractivity contribution in [3.05, 3.63) is 30.0 Å². The van der Waals surface area contributed by atoms with E-state index in [4.69, 9.17) is 4.52 Å². The Bertz CT molecular complexity index is 447. The van der Waals surface area contributed by atoms with Gasteiger partial charge in [-0.3, -0.25) is 0 Å². The molecule has 1 aromatic heterocycles. The topological polar surface area (TPSA) is 26.0 Å². The number of unbranched alkanes of at least 4 members (excludes halogenated alkanes) is 1. The van der Waals surface area contributed by atoms with Crippen molar-refractivity contribution in [2.24, 2.45) is 0 Å². The molecule has 0 fully saturated rings. The van der Waals surface area contributed by atoms with Gasteiger partial charge in [0, 0.05) is 11.3 Å². The smallest absolute Gasteiger partial charge is 0.167 e. The van der Waals surface area contributed by atoms with Crippen LogP contribution in [0.2, 0.25) is 0 Å². The molecule has 0 saturated heterocycles. The Kier molecular flexibility index (Phi) is 3.60. The van der Waals surface area contributed by atoms with Gasteiger partial charge in [-0.2, -0.15) is 0 Å². The van der Waals surface area contributed by atoms with Gasteiger partial charge in [0.25, 0.3) is 0 Å². The molecule has 2 rings (SSSR count). The molecule has 0 amide bonds. The molecule has 16 heavy (non-hydrogen) atoms. The third kappa shape index (κ3) is 2.11. The quantitative estimate of drug-likeness (QED) is 0.736. The van der Waals surface area contributed by atoms with Crippen LogP contribution in [-0.4, -0.2) is 5.16 Å². The van der Waals surface area contributed by atoms with Crippen LogP contribution in [0.15, 0.2) is 28.8 Å². The minimum Gasteiger partial charge on any atom is -0.356 e. The molecule has 2 nitrogen and oxygen atoms in total. The second-order valence-electron chi connectivity index (χ2n) is 4.31. The number of aromatic nitrogens is 1. The number of benzene rings is 1. The van der Waals surface area contributed by atoms with Crippen LogP contribution in [0.1, 0.15) is 51.1 Å². The van der Waals surface area contributed by atoms with Crippen molar-refractivity contribution in [3.63, 3.8) is 0 Å². The van der Waals surface area contributed by atoms with E-state index in [0.717, 1.165) is 17.7 Å². The molecule has 0 N–H and O–H groups in total. The fraction of sp³-hybridized carbons (Fsp3) is 0.500. The van der Waals surface area contributed by atoms with Crippen molar-refractivity contribution in [2.45, 2.75) is 45.4 Å². The summed E-state index contributed by atoms with van der Waals surface area (Å²) in [5.74, 6) is 0.545. The van der Waals surface area contributed by atoms with Crippen LogP contribution in [0.3, 0.4) is 0 Å². The van der Waals surface area contributed by atoms with E-state index in [1.54, 1.807) is 0 Å². The first-order valence-electron chi connectivity index (χ1n) is 6.21. The summed E-state index contributed by atoms with van der Waals surface area (Å²) < 4.78 is 5.36. The molecule has 0 aliphatic carbocycles. The lowest BCUT2D eigenvalue weighted by Crippen LogP contribution is -1.98. The van der Waals surface area contributed by atoms with Gasteiger partial charge < -0.3 is 4.52 Å². The molecule has 2 heteroatoms. The predicted molar refractivity (Wildman–Crippen MR) is 66.6 cm³/mol. The number of fused-ring (bicyclic) bond motifs is 1. The zero-order valence-corrected chi connectivity index (χ0v) is 10.1. The molecule has 0 radical (unpaired) electrons. The highest BCUT2D eigenvalue weighted by molar-refractivity contribution is 5.79. The van der Waals surface area contributed by atoms with Gasteiger partial charge in [0.1, 0.15) is 0 Å². The summed E-state index contributed by atoms with van der Waals surface area (Å²) >= 11 is 0. The molecule has 1 atom stereocenters. The highest BCUT2D eigenvalue weighted by Crippen LogP contribution is 2.30. The monoisotopic (exact) mass is 217 g/mol. The molecule has 0 spiro atoms. The van der Waals surface area contributed by atoms with Gasteiger partial charge in [-0.05, 0) is 25.0 Å². The standard InChI is InChI=1S/C14H19NO/c1-3-5-8-11(4-2)14-12-9-6-7-10-13(12)16-15-14/h6-7,9-11H,3-5,8H2,1-2H3. The number of para-hydroxylation sites is 1. The second-order valence-corrected chi connectivity index (χ2v) is 4.31. The summed E-state index contributed by atoms with van der Waals surface area (Å²) in [6, 6.07) is 8.13. The lowest BCUT2D eigenvalue weighted by molar-refractivity contribution is 0.427. The fourth-order valence-electron chi connectivity index (χ4n) is 2.18. The van der Waals surface area contributed by atoms with Crippen molar-refractivity contribution in [1.29, 1.82) is 0 Å². The average molecular weight is 217 g/mol.